The van der Waals surface area contributed by atoms with Crippen molar-refractivity contribution in [1.82, 2.24) is 4.72 Å². The minimum absolute atomic E-state index is 0.0928. The summed E-state index contributed by atoms with van der Waals surface area (Å²) in [7, 11) is -3.90. The summed E-state index contributed by atoms with van der Waals surface area (Å²) >= 11 is 0. The van der Waals surface area contributed by atoms with Crippen molar-refractivity contribution in [3.63, 3.8) is 0 Å². The zero-order valence-electron chi connectivity index (χ0n) is 18.5. The second-order valence-corrected chi connectivity index (χ2v) is 8.83. The molecule has 0 radical (unpaired) electrons. The number of esters is 1. The SMILES string of the molecule is CCCCNS(=O)(=O)c1cc(Oc2c(C)cc(NC(=O)C(=O)OCC)cc2C)ccc1O. The lowest BCUT2D eigenvalue weighted by molar-refractivity contribution is -0.152. The number of phenolic OH excluding ortho intramolecular Hbond substituents is 1. The van der Waals surface area contributed by atoms with Gasteiger partial charge in [-0.2, -0.15) is 0 Å². The molecule has 9 nitrogen and oxygen atoms in total. The third kappa shape index (κ3) is 6.44. The molecule has 0 saturated heterocycles. The van der Waals surface area contributed by atoms with Crippen molar-refractivity contribution in [2.45, 2.75) is 45.4 Å². The van der Waals surface area contributed by atoms with E-state index in [2.05, 4.69) is 14.8 Å². The van der Waals surface area contributed by atoms with Crippen LogP contribution in [-0.2, 0) is 24.3 Å². The van der Waals surface area contributed by atoms with Crippen molar-refractivity contribution in [3.05, 3.63) is 41.5 Å². The number of aromatic hydroxyl groups is 1. The molecule has 0 unspecified atom stereocenters. The quantitative estimate of drug-likeness (QED) is 0.294. The maximum Gasteiger partial charge on any atom is 0.397 e. The summed E-state index contributed by atoms with van der Waals surface area (Å²) in [5.41, 5.74) is 1.67. The molecular formula is C22H28N2O7S. The van der Waals surface area contributed by atoms with E-state index in [0.29, 0.717) is 29.0 Å². The Morgan fingerprint density at radius 3 is 2.31 bits per heavy atom. The van der Waals surface area contributed by atoms with Crippen LogP contribution in [0.3, 0.4) is 0 Å². The van der Waals surface area contributed by atoms with E-state index in [-0.39, 0.29) is 29.5 Å². The number of rotatable bonds is 9. The van der Waals surface area contributed by atoms with Crippen LogP contribution in [0.5, 0.6) is 17.2 Å². The Morgan fingerprint density at radius 1 is 1.06 bits per heavy atom. The fourth-order valence-corrected chi connectivity index (χ4v) is 4.10. The number of anilines is 1. The molecule has 0 atom stereocenters. The van der Waals surface area contributed by atoms with E-state index in [0.717, 1.165) is 6.42 Å². The van der Waals surface area contributed by atoms with Gasteiger partial charge in [0.1, 0.15) is 22.1 Å². The average molecular weight is 465 g/mol. The number of unbranched alkanes of at least 4 members (excludes halogenated alkanes) is 1. The fourth-order valence-electron chi connectivity index (χ4n) is 2.91. The standard InChI is InChI=1S/C22H28N2O7S/c1-5-7-10-23-32(28,29)19-13-17(8-9-18(19)25)31-20-14(3)11-16(12-15(20)4)24-21(26)22(27)30-6-2/h8-9,11-13,23,25H,5-7,10H2,1-4H3,(H,24,26). The van der Waals surface area contributed by atoms with Crippen LogP contribution >= 0.6 is 0 Å². The number of benzene rings is 2. The van der Waals surface area contributed by atoms with Crippen molar-refractivity contribution in [2.75, 3.05) is 18.5 Å². The molecule has 10 heteroatoms. The van der Waals surface area contributed by atoms with E-state index in [9.17, 15) is 23.1 Å². The maximum absolute atomic E-state index is 12.5. The zero-order chi connectivity index (χ0) is 23.9. The second kappa shape index (κ2) is 11.0. The van der Waals surface area contributed by atoms with Crippen LogP contribution in [0.25, 0.3) is 0 Å². The maximum atomic E-state index is 12.5. The molecular weight excluding hydrogens is 436 g/mol. The molecule has 0 aliphatic rings. The van der Waals surface area contributed by atoms with Gasteiger partial charge in [0.25, 0.3) is 0 Å². The molecule has 0 aromatic heterocycles. The zero-order valence-corrected chi connectivity index (χ0v) is 19.3. The van der Waals surface area contributed by atoms with Crippen molar-refractivity contribution in [2.24, 2.45) is 0 Å². The largest absolute Gasteiger partial charge is 0.507 e. The van der Waals surface area contributed by atoms with Gasteiger partial charge in [-0.15, -0.1) is 0 Å². The second-order valence-electron chi connectivity index (χ2n) is 7.10. The highest BCUT2D eigenvalue weighted by atomic mass is 32.2. The van der Waals surface area contributed by atoms with E-state index in [1.54, 1.807) is 32.9 Å². The van der Waals surface area contributed by atoms with Crippen LogP contribution < -0.4 is 14.8 Å². The van der Waals surface area contributed by atoms with E-state index >= 15 is 0 Å². The molecule has 0 saturated carbocycles. The van der Waals surface area contributed by atoms with Gasteiger partial charge < -0.3 is 19.9 Å². The van der Waals surface area contributed by atoms with Gasteiger partial charge in [-0.1, -0.05) is 13.3 Å². The lowest BCUT2D eigenvalue weighted by atomic mass is 10.1. The molecule has 0 aliphatic heterocycles. The third-order valence-electron chi connectivity index (χ3n) is 4.44. The molecule has 2 aromatic rings. The molecule has 3 N–H and O–H groups in total. The number of nitrogens with one attached hydrogen (secondary N) is 2. The number of carbonyl (C=O) groups excluding carboxylic acids is 2. The monoisotopic (exact) mass is 464 g/mol. The number of hydrogen-bond acceptors (Lipinski definition) is 7. The topological polar surface area (TPSA) is 131 Å². The van der Waals surface area contributed by atoms with E-state index < -0.39 is 21.9 Å². The van der Waals surface area contributed by atoms with Gasteiger partial charge in [-0.05, 0) is 62.6 Å². The van der Waals surface area contributed by atoms with Crippen LogP contribution in [0.2, 0.25) is 0 Å². The third-order valence-corrected chi connectivity index (χ3v) is 5.93. The smallest absolute Gasteiger partial charge is 0.397 e. The predicted molar refractivity (Wildman–Crippen MR) is 119 cm³/mol. The van der Waals surface area contributed by atoms with E-state index in [1.807, 2.05) is 6.92 Å². The molecule has 0 spiro atoms. The minimum atomic E-state index is -3.90. The van der Waals surface area contributed by atoms with E-state index in [4.69, 9.17) is 4.74 Å². The van der Waals surface area contributed by atoms with Crippen LogP contribution in [-0.4, -0.2) is 38.6 Å². The normalized spacial score (nSPS) is 11.1. The number of carbonyl (C=O) groups is 2. The molecule has 0 fully saturated rings. The molecule has 0 bridgehead atoms. The van der Waals surface area contributed by atoms with Crippen LogP contribution in [0.15, 0.2) is 35.2 Å². The summed E-state index contributed by atoms with van der Waals surface area (Å²) in [6.45, 7) is 7.39. The van der Waals surface area contributed by atoms with Crippen molar-refractivity contribution < 1.29 is 32.6 Å². The van der Waals surface area contributed by atoms with Crippen LogP contribution in [0, 0.1) is 13.8 Å². The summed E-state index contributed by atoms with van der Waals surface area (Å²) in [4.78, 5) is 23.1. The Kier molecular flexibility index (Phi) is 8.62. The number of amides is 1. The Labute approximate surface area is 187 Å². The predicted octanol–water partition coefficient (Wildman–Crippen LogP) is 3.38. The molecule has 2 rings (SSSR count). The highest BCUT2D eigenvalue weighted by Gasteiger charge is 2.20. The molecule has 0 aliphatic carbocycles. The number of aryl methyl sites for hydroxylation is 2. The first-order valence-electron chi connectivity index (χ1n) is 10.2. The average Bonchev–Trinajstić information content (AvgIpc) is 2.72. The summed E-state index contributed by atoms with van der Waals surface area (Å²) in [5, 5.41) is 12.5. The highest BCUT2D eigenvalue weighted by molar-refractivity contribution is 7.89. The van der Waals surface area contributed by atoms with Gasteiger partial charge in [-0.3, -0.25) is 4.79 Å². The number of phenols is 1. The van der Waals surface area contributed by atoms with Gasteiger partial charge in [-0.25, -0.2) is 17.9 Å². The van der Waals surface area contributed by atoms with Crippen LogP contribution in [0.1, 0.15) is 37.8 Å². The highest BCUT2D eigenvalue weighted by Crippen LogP contribution is 2.34. The van der Waals surface area contributed by atoms with Gasteiger partial charge in [0.05, 0.1) is 6.61 Å². The summed E-state index contributed by atoms with van der Waals surface area (Å²) in [5.74, 6) is -1.58. The minimum Gasteiger partial charge on any atom is -0.507 e. The first-order chi connectivity index (χ1) is 15.1. The molecule has 174 valence electrons. The van der Waals surface area contributed by atoms with Crippen LogP contribution in [0.4, 0.5) is 5.69 Å². The molecule has 32 heavy (non-hydrogen) atoms. The summed E-state index contributed by atoms with van der Waals surface area (Å²) in [6.07, 6.45) is 1.50. The first-order valence-corrected chi connectivity index (χ1v) is 11.7. The van der Waals surface area contributed by atoms with Crippen molar-refractivity contribution in [1.29, 1.82) is 0 Å². The Morgan fingerprint density at radius 2 is 1.72 bits per heavy atom. The number of sulfonamides is 1. The van der Waals surface area contributed by atoms with E-state index in [1.165, 1.54) is 18.2 Å². The number of ether oxygens (including phenoxy) is 2. The number of hydrogen-bond donors (Lipinski definition) is 3. The fraction of sp³-hybridized carbons (Fsp3) is 0.364. The summed E-state index contributed by atoms with van der Waals surface area (Å²) < 4.78 is 38.0. The Bertz CT molecular complexity index is 1070. The van der Waals surface area contributed by atoms with Crippen molar-refractivity contribution in [3.8, 4) is 17.2 Å². The van der Waals surface area contributed by atoms with Gasteiger partial charge in [0.2, 0.25) is 10.0 Å². The van der Waals surface area contributed by atoms with Gasteiger partial charge in [0, 0.05) is 18.3 Å². The molecule has 0 heterocycles. The lowest BCUT2D eigenvalue weighted by Crippen LogP contribution is -2.25. The van der Waals surface area contributed by atoms with Gasteiger partial charge >= 0.3 is 11.9 Å². The molecule has 2 aromatic carbocycles. The van der Waals surface area contributed by atoms with Crippen molar-refractivity contribution >= 4 is 27.6 Å². The first kappa shape index (κ1) is 25.2. The lowest BCUT2D eigenvalue weighted by Gasteiger charge is -2.15. The Hall–Kier alpha value is -3.11. The van der Waals surface area contributed by atoms with Gasteiger partial charge in [0.15, 0.2) is 0 Å². The molecule has 1 amide bonds. The Balaban J connectivity index is 2.26. The summed E-state index contributed by atoms with van der Waals surface area (Å²) in [6, 6.07) is 7.19.